The average Bonchev–Trinajstić information content (AvgIpc) is 2.48. The van der Waals surface area contributed by atoms with Gasteiger partial charge in [0.15, 0.2) is 0 Å². The van der Waals surface area contributed by atoms with Gasteiger partial charge < -0.3 is 0 Å². The summed E-state index contributed by atoms with van der Waals surface area (Å²) in [6.07, 6.45) is 7.06. The zero-order chi connectivity index (χ0) is 16.4. The molecule has 1 fully saturated rings. The van der Waals surface area contributed by atoms with E-state index in [0.29, 0.717) is 30.4 Å². The third-order valence-electron chi connectivity index (χ3n) is 4.99. The zero-order valence-electron chi connectivity index (χ0n) is 13.2. The summed E-state index contributed by atoms with van der Waals surface area (Å²) in [5, 5.41) is 0. The van der Waals surface area contributed by atoms with E-state index in [-0.39, 0.29) is 11.7 Å². The molecule has 6 heteroatoms. The standard InChI is InChI=1S/C17H23F2NO2S/c18-13-9-15-14(16(19)10-13)7-4-8-17(15)20-23(21,22)11-12-5-2-1-3-6-12/h9-10,12,17,20H,1-8,11H2/t17-/m0/s1. The number of halogens is 2. The Morgan fingerprint density at radius 2 is 1.78 bits per heavy atom. The second kappa shape index (κ2) is 6.85. The molecule has 1 aromatic rings. The minimum atomic E-state index is -3.44. The van der Waals surface area contributed by atoms with Crippen LogP contribution in [-0.2, 0) is 16.4 Å². The van der Waals surface area contributed by atoms with Gasteiger partial charge >= 0.3 is 0 Å². The molecule has 0 aromatic heterocycles. The van der Waals surface area contributed by atoms with Gasteiger partial charge in [-0.2, -0.15) is 0 Å². The fraction of sp³-hybridized carbons (Fsp3) is 0.647. The molecule has 0 unspecified atom stereocenters. The molecule has 1 atom stereocenters. The maximum atomic E-state index is 13.9. The van der Waals surface area contributed by atoms with Crippen molar-refractivity contribution < 1.29 is 17.2 Å². The van der Waals surface area contributed by atoms with Crippen molar-refractivity contribution in [3.05, 3.63) is 34.9 Å². The predicted octanol–water partition coefficient (Wildman–Crippen LogP) is 3.84. The van der Waals surface area contributed by atoms with Gasteiger partial charge in [0.05, 0.1) is 5.75 Å². The van der Waals surface area contributed by atoms with E-state index >= 15 is 0 Å². The molecule has 0 amide bonds. The molecular weight excluding hydrogens is 320 g/mol. The van der Waals surface area contributed by atoms with E-state index in [9.17, 15) is 17.2 Å². The summed E-state index contributed by atoms with van der Waals surface area (Å²) in [6, 6.07) is 1.63. The van der Waals surface area contributed by atoms with Crippen LogP contribution in [0.2, 0.25) is 0 Å². The van der Waals surface area contributed by atoms with Crippen LogP contribution in [0.4, 0.5) is 8.78 Å². The van der Waals surface area contributed by atoms with E-state index in [0.717, 1.165) is 31.7 Å². The highest BCUT2D eigenvalue weighted by Gasteiger charge is 2.29. The van der Waals surface area contributed by atoms with Crippen LogP contribution in [-0.4, -0.2) is 14.2 Å². The molecule has 3 nitrogen and oxygen atoms in total. The van der Waals surface area contributed by atoms with Crippen molar-refractivity contribution in [2.45, 2.75) is 57.4 Å². The largest absolute Gasteiger partial charge is 0.212 e. The van der Waals surface area contributed by atoms with E-state index in [1.54, 1.807) is 0 Å². The van der Waals surface area contributed by atoms with Crippen molar-refractivity contribution in [2.24, 2.45) is 5.92 Å². The Balaban J connectivity index is 1.76. The highest BCUT2D eigenvalue weighted by atomic mass is 32.2. The monoisotopic (exact) mass is 343 g/mol. The van der Waals surface area contributed by atoms with Gasteiger partial charge in [-0.25, -0.2) is 21.9 Å². The van der Waals surface area contributed by atoms with Crippen molar-refractivity contribution in [1.29, 1.82) is 0 Å². The first-order valence-corrected chi connectivity index (χ1v) is 10.1. The molecule has 0 aliphatic heterocycles. The molecule has 2 aliphatic carbocycles. The van der Waals surface area contributed by atoms with Gasteiger partial charge in [-0.3, -0.25) is 0 Å². The summed E-state index contributed by atoms with van der Waals surface area (Å²) in [4.78, 5) is 0. The summed E-state index contributed by atoms with van der Waals surface area (Å²) in [5.74, 6) is -0.902. The number of rotatable bonds is 4. The van der Waals surface area contributed by atoms with Crippen molar-refractivity contribution in [1.82, 2.24) is 4.72 Å². The van der Waals surface area contributed by atoms with Crippen LogP contribution >= 0.6 is 0 Å². The van der Waals surface area contributed by atoms with Gasteiger partial charge in [0.2, 0.25) is 10.0 Å². The van der Waals surface area contributed by atoms with Gasteiger partial charge in [0.1, 0.15) is 11.6 Å². The smallest absolute Gasteiger partial charge is 0.212 e. The molecule has 0 heterocycles. The van der Waals surface area contributed by atoms with E-state index in [1.165, 1.54) is 12.5 Å². The molecular formula is C17H23F2NO2S. The molecule has 128 valence electrons. The lowest BCUT2D eigenvalue weighted by atomic mass is 9.88. The van der Waals surface area contributed by atoms with Crippen LogP contribution < -0.4 is 4.72 Å². The maximum absolute atomic E-state index is 13.9. The van der Waals surface area contributed by atoms with E-state index in [2.05, 4.69) is 4.72 Å². The highest BCUT2D eigenvalue weighted by Crippen LogP contribution is 2.33. The number of benzene rings is 1. The molecule has 1 N–H and O–H groups in total. The summed E-state index contributed by atoms with van der Waals surface area (Å²) < 4.78 is 55.0. The number of sulfonamides is 1. The molecule has 0 bridgehead atoms. The van der Waals surface area contributed by atoms with Crippen LogP contribution in [0.25, 0.3) is 0 Å². The molecule has 0 saturated heterocycles. The number of fused-ring (bicyclic) bond motifs is 1. The van der Waals surface area contributed by atoms with Gasteiger partial charge in [-0.15, -0.1) is 0 Å². The van der Waals surface area contributed by atoms with Crippen LogP contribution in [0, 0.1) is 17.6 Å². The average molecular weight is 343 g/mol. The summed E-state index contributed by atoms with van der Waals surface area (Å²) in [6.45, 7) is 0. The van der Waals surface area contributed by atoms with Crippen molar-refractivity contribution >= 4 is 10.0 Å². The fourth-order valence-corrected chi connectivity index (χ4v) is 5.62. The Bertz CT molecular complexity index is 669. The quantitative estimate of drug-likeness (QED) is 0.903. The SMILES string of the molecule is O=S(=O)(CC1CCCCC1)N[C@H]1CCCc2c(F)cc(F)cc21. The van der Waals surface area contributed by atoms with Crippen LogP contribution in [0.15, 0.2) is 12.1 Å². The van der Waals surface area contributed by atoms with Gasteiger partial charge in [0, 0.05) is 12.1 Å². The summed E-state index contributed by atoms with van der Waals surface area (Å²) >= 11 is 0. The first-order valence-electron chi connectivity index (χ1n) is 8.42. The third kappa shape index (κ3) is 4.10. The summed E-state index contributed by atoms with van der Waals surface area (Å²) in [7, 11) is -3.44. The lowest BCUT2D eigenvalue weighted by molar-refractivity contribution is 0.382. The minimum absolute atomic E-state index is 0.122. The Morgan fingerprint density at radius 3 is 2.52 bits per heavy atom. The van der Waals surface area contributed by atoms with Crippen molar-refractivity contribution in [3.63, 3.8) is 0 Å². The maximum Gasteiger partial charge on any atom is 0.212 e. The Labute approximate surface area is 136 Å². The number of nitrogens with one attached hydrogen (secondary N) is 1. The topological polar surface area (TPSA) is 46.2 Å². The first-order chi connectivity index (χ1) is 10.9. The van der Waals surface area contributed by atoms with Crippen molar-refractivity contribution in [3.8, 4) is 0 Å². The zero-order valence-corrected chi connectivity index (χ0v) is 14.0. The lowest BCUT2D eigenvalue weighted by Gasteiger charge is -2.28. The van der Waals surface area contributed by atoms with Crippen LogP contribution in [0.3, 0.4) is 0 Å². The minimum Gasteiger partial charge on any atom is -0.212 e. The molecule has 3 rings (SSSR count). The van der Waals surface area contributed by atoms with E-state index in [1.807, 2.05) is 0 Å². The Kier molecular flexibility index (Phi) is 5.01. The Hall–Kier alpha value is -1.01. The molecule has 23 heavy (non-hydrogen) atoms. The number of hydrogen-bond donors (Lipinski definition) is 1. The fourth-order valence-electron chi connectivity index (χ4n) is 3.89. The van der Waals surface area contributed by atoms with Crippen LogP contribution in [0.5, 0.6) is 0 Å². The van der Waals surface area contributed by atoms with E-state index in [4.69, 9.17) is 0 Å². The molecule has 0 spiro atoms. The molecule has 1 aromatic carbocycles. The third-order valence-corrected chi connectivity index (χ3v) is 6.55. The van der Waals surface area contributed by atoms with Gasteiger partial charge in [-0.05, 0) is 55.2 Å². The normalized spacial score (nSPS) is 22.8. The van der Waals surface area contributed by atoms with Gasteiger partial charge in [-0.1, -0.05) is 19.3 Å². The first kappa shape index (κ1) is 16.8. The summed E-state index contributed by atoms with van der Waals surface area (Å²) in [5.41, 5.74) is 0.906. The molecule has 1 saturated carbocycles. The molecule has 2 aliphatic rings. The number of hydrogen-bond acceptors (Lipinski definition) is 2. The second-order valence-electron chi connectivity index (χ2n) is 6.80. The predicted molar refractivity (Wildman–Crippen MR) is 85.5 cm³/mol. The van der Waals surface area contributed by atoms with Crippen LogP contribution in [0.1, 0.15) is 62.1 Å². The molecule has 0 radical (unpaired) electrons. The lowest BCUT2D eigenvalue weighted by Crippen LogP contribution is -2.35. The van der Waals surface area contributed by atoms with Gasteiger partial charge in [0.25, 0.3) is 0 Å². The Morgan fingerprint density at radius 1 is 1.04 bits per heavy atom. The second-order valence-corrected chi connectivity index (χ2v) is 8.60. The van der Waals surface area contributed by atoms with Crippen molar-refractivity contribution in [2.75, 3.05) is 5.75 Å². The van der Waals surface area contributed by atoms with E-state index < -0.39 is 27.7 Å². The highest BCUT2D eigenvalue weighted by molar-refractivity contribution is 7.89.